The van der Waals surface area contributed by atoms with Gasteiger partial charge in [-0.15, -0.1) is 11.3 Å². The topological polar surface area (TPSA) is 22.1 Å². The van der Waals surface area contributed by atoms with E-state index in [9.17, 15) is 0 Å². The largest absolute Gasteiger partial charge is 0.490 e. The molecule has 0 atom stereocenters. The number of allylic oxidation sites excluding steroid dienone is 1. The molecule has 0 fully saturated rings. The van der Waals surface area contributed by atoms with Crippen molar-refractivity contribution in [2.75, 3.05) is 6.61 Å². The van der Waals surface area contributed by atoms with Crippen molar-refractivity contribution in [3.8, 4) is 27.4 Å². The Kier molecular flexibility index (Phi) is 7.23. The first-order valence-corrected chi connectivity index (χ1v) is 10.5. The van der Waals surface area contributed by atoms with Gasteiger partial charge in [-0.05, 0) is 36.1 Å². The van der Waals surface area contributed by atoms with Crippen LogP contribution in [0.15, 0.2) is 66.9 Å². The van der Waals surface area contributed by atoms with Gasteiger partial charge in [-0.25, -0.2) is 4.98 Å². The Labute approximate surface area is 166 Å². The van der Waals surface area contributed by atoms with Crippen molar-refractivity contribution in [3.05, 3.63) is 71.8 Å². The molecule has 27 heavy (non-hydrogen) atoms. The van der Waals surface area contributed by atoms with Crippen molar-refractivity contribution in [1.29, 1.82) is 0 Å². The van der Waals surface area contributed by atoms with E-state index >= 15 is 0 Å². The minimum atomic E-state index is 0.627. The Morgan fingerprint density at radius 2 is 1.52 bits per heavy atom. The molecule has 2 nitrogen and oxygen atoms in total. The standard InChI is InChI=1S/C24H27NOS/c1-3-5-6-7-17-26-22-15-13-20(14-16-22)19-9-11-21(12-10-19)24-25-18-23(27-24)8-4-2/h6-7,9-16,18H,3-5,8,17H2,1-2H3. The van der Waals surface area contributed by atoms with Gasteiger partial charge in [0.2, 0.25) is 0 Å². The van der Waals surface area contributed by atoms with Crippen LogP contribution in [-0.2, 0) is 6.42 Å². The number of nitrogens with zero attached hydrogens (tertiary/aromatic N) is 1. The van der Waals surface area contributed by atoms with Crippen molar-refractivity contribution in [2.45, 2.75) is 39.5 Å². The highest BCUT2D eigenvalue weighted by atomic mass is 32.1. The average Bonchev–Trinajstić information content (AvgIpc) is 3.17. The lowest BCUT2D eigenvalue weighted by atomic mass is 10.0. The number of rotatable bonds is 9. The van der Waals surface area contributed by atoms with E-state index in [2.05, 4.69) is 67.4 Å². The van der Waals surface area contributed by atoms with Crippen LogP contribution in [0, 0.1) is 0 Å². The summed E-state index contributed by atoms with van der Waals surface area (Å²) in [5, 5.41) is 1.10. The third-order valence-electron chi connectivity index (χ3n) is 4.34. The summed E-state index contributed by atoms with van der Waals surface area (Å²) in [6.07, 6.45) is 10.8. The van der Waals surface area contributed by atoms with Gasteiger partial charge < -0.3 is 4.74 Å². The Morgan fingerprint density at radius 3 is 2.19 bits per heavy atom. The Morgan fingerprint density at radius 1 is 0.852 bits per heavy atom. The minimum Gasteiger partial charge on any atom is -0.490 e. The van der Waals surface area contributed by atoms with Crippen molar-refractivity contribution in [1.82, 2.24) is 4.98 Å². The molecule has 1 heterocycles. The third kappa shape index (κ3) is 5.54. The summed E-state index contributed by atoms with van der Waals surface area (Å²) in [4.78, 5) is 5.92. The molecule has 0 saturated heterocycles. The van der Waals surface area contributed by atoms with Crippen molar-refractivity contribution in [3.63, 3.8) is 0 Å². The van der Waals surface area contributed by atoms with Crippen molar-refractivity contribution < 1.29 is 4.74 Å². The molecule has 0 radical (unpaired) electrons. The SMILES string of the molecule is CCCC=CCOc1ccc(-c2ccc(-c3ncc(CCC)s3)cc2)cc1. The summed E-state index contributed by atoms with van der Waals surface area (Å²) in [7, 11) is 0. The zero-order valence-electron chi connectivity index (χ0n) is 16.2. The van der Waals surface area contributed by atoms with E-state index < -0.39 is 0 Å². The fourth-order valence-corrected chi connectivity index (χ4v) is 3.87. The number of aromatic nitrogens is 1. The first-order valence-electron chi connectivity index (χ1n) is 9.73. The Bertz CT molecular complexity index is 847. The quantitative estimate of drug-likeness (QED) is 0.369. The summed E-state index contributed by atoms with van der Waals surface area (Å²) >= 11 is 1.79. The Hall–Kier alpha value is -2.39. The molecule has 0 N–H and O–H groups in total. The lowest BCUT2D eigenvalue weighted by molar-refractivity contribution is 0.362. The second kappa shape index (κ2) is 10.1. The minimum absolute atomic E-state index is 0.627. The number of hydrogen-bond donors (Lipinski definition) is 0. The summed E-state index contributed by atoms with van der Waals surface area (Å²) in [5.74, 6) is 0.905. The van der Waals surface area contributed by atoms with Gasteiger partial charge in [-0.3, -0.25) is 0 Å². The average molecular weight is 378 g/mol. The third-order valence-corrected chi connectivity index (χ3v) is 5.44. The van der Waals surface area contributed by atoms with Crippen LogP contribution < -0.4 is 4.74 Å². The zero-order chi connectivity index (χ0) is 18.9. The first-order chi connectivity index (χ1) is 13.3. The van der Waals surface area contributed by atoms with Gasteiger partial charge in [-0.1, -0.05) is 75.2 Å². The molecule has 0 aliphatic heterocycles. The van der Waals surface area contributed by atoms with E-state index in [1.165, 1.54) is 28.0 Å². The maximum absolute atomic E-state index is 5.75. The predicted molar refractivity (Wildman–Crippen MR) is 117 cm³/mol. The van der Waals surface area contributed by atoms with Crippen LogP contribution in [0.3, 0.4) is 0 Å². The Balaban J connectivity index is 1.62. The molecular weight excluding hydrogens is 350 g/mol. The van der Waals surface area contributed by atoms with Gasteiger partial charge in [0, 0.05) is 16.6 Å². The summed E-state index contributed by atoms with van der Waals surface area (Å²) in [6, 6.07) is 17.0. The normalized spacial score (nSPS) is 11.2. The molecule has 0 bridgehead atoms. The van der Waals surface area contributed by atoms with Gasteiger partial charge >= 0.3 is 0 Å². The second-order valence-electron chi connectivity index (χ2n) is 6.55. The van der Waals surface area contributed by atoms with E-state index in [1.807, 2.05) is 18.3 Å². The highest BCUT2D eigenvalue weighted by Crippen LogP contribution is 2.29. The first kappa shape index (κ1) is 19.4. The maximum Gasteiger partial charge on any atom is 0.123 e. The van der Waals surface area contributed by atoms with Crippen LogP contribution in [0.2, 0.25) is 0 Å². The summed E-state index contributed by atoms with van der Waals surface area (Å²) < 4.78 is 5.75. The monoisotopic (exact) mass is 377 g/mol. The number of ether oxygens (including phenoxy) is 1. The maximum atomic E-state index is 5.75. The van der Waals surface area contributed by atoms with Gasteiger partial charge in [0.25, 0.3) is 0 Å². The van der Waals surface area contributed by atoms with Crippen LogP contribution in [0.4, 0.5) is 0 Å². The highest BCUT2D eigenvalue weighted by Gasteiger charge is 2.05. The second-order valence-corrected chi connectivity index (χ2v) is 7.67. The van der Waals surface area contributed by atoms with Gasteiger partial charge in [0.05, 0.1) is 0 Å². The lowest BCUT2D eigenvalue weighted by Gasteiger charge is -2.06. The van der Waals surface area contributed by atoms with E-state index in [-0.39, 0.29) is 0 Å². The zero-order valence-corrected chi connectivity index (χ0v) is 17.0. The van der Waals surface area contributed by atoms with Crippen LogP contribution >= 0.6 is 11.3 Å². The van der Waals surface area contributed by atoms with Gasteiger partial charge in [0.1, 0.15) is 17.4 Å². The molecular formula is C24H27NOS. The number of unbranched alkanes of at least 4 members (excludes halogenated alkanes) is 1. The molecule has 3 rings (SSSR count). The van der Waals surface area contributed by atoms with E-state index in [0.717, 1.165) is 30.0 Å². The van der Waals surface area contributed by atoms with Gasteiger partial charge in [-0.2, -0.15) is 0 Å². The highest BCUT2D eigenvalue weighted by molar-refractivity contribution is 7.15. The van der Waals surface area contributed by atoms with Crippen LogP contribution in [-0.4, -0.2) is 11.6 Å². The van der Waals surface area contributed by atoms with Crippen LogP contribution in [0.1, 0.15) is 38.0 Å². The lowest BCUT2D eigenvalue weighted by Crippen LogP contribution is -1.93. The van der Waals surface area contributed by atoms with Crippen LogP contribution in [0.5, 0.6) is 5.75 Å². The van der Waals surface area contributed by atoms with E-state index in [1.54, 1.807) is 11.3 Å². The van der Waals surface area contributed by atoms with Gasteiger partial charge in [0.15, 0.2) is 0 Å². The number of aryl methyl sites for hydroxylation is 1. The molecule has 3 heteroatoms. The van der Waals surface area contributed by atoms with Crippen molar-refractivity contribution >= 4 is 11.3 Å². The molecule has 2 aromatic carbocycles. The predicted octanol–water partition coefficient (Wildman–Crippen LogP) is 7.16. The molecule has 0 aliphatic carbocycles. The van der Waals surface area contributed by atoms with E-state index in [4.69, 9.17) is 4.74 Å². The molecule has 0 aliphatic rings. The summed E-state index contributed by atoms with van der Waals surface area (Å²) in [5.41, 5.74) is 3.59. The van der Waals surface area contributed by atoms with E-state index in [0.29, 0.717) is 6.61 Å². The fourth-order valence-electron chi connectivity index (χ4n) is 2.85. The molecule has 3 aromatic rings. The summed E-state index contributed by atoms with van der Waals surface area (Å²) in [6.45, 7) is 5.01. The molecule has 0 unspecified atom stereocenters. The molecule has 140 valence electrons. The molecule has 0 saturated carbocycles. The molecule has 1 aromatic heterocycles. The molecule has 0 amide bonds. The number of benzene rings is 2. The molecule has 0 spiro atoms. The number of thiazole rings is 1. The fraction of sp³-hybridized carbons (Fsp3) is 0.292. The number of hydrogen-bond acceptors (Lipinski definition) is 3. The van der Waals surface area contributed by atoms with Crippen LogP contribution in [0.25, 0.3) is 21.7 Å². The smallest absolute Gasteiger partial charge is 0.123 e. The van der Waals surface area contributed by atoms with Crippen molar-refractivity contribution in [2.24, 2.45) is 0 Å².